The predicted molar refractivity (Wildman–Crippen MR) is 101 cm³/mol. The molecular formula is C20H21FN4O2. The molecule has 0 spiro atoms. The van der Waals surface area contributed by atoms with Gasteiger partial charge in [-0.25, -0.2) is 9.37 Å². The zero-order chi connectivity index (χ0) is 18.6. The van der Waals surface area contributed by atoms with Crippen molar-refractivity contribution in [3.05, 3.63) is 60.2 Å². The number of rotatable bonds is 5. The van der Waals surface area contributed by atoms with Gasteiger partial charge in [0.1, 0.15) is 11.3 Å². The number of hydrogen-bond donors (Lipinski definition) is 1. The van der Waals surface area contributed by atoms with E-state index in [-0.39, 0.29) is 11.7 Å². The Kier molecular flexibility index (Phi) is 5.13. The highest BCUT2D eigenvalue weighted by Crippen LogP contribution is 2.16. The number of aromatic nitrogens is 1. The summed E-state index contributed by atoms with van der Waals surface area (Å²) in [4.78, 5) is 21.1. The number of para-hydroxylation sites is 2. The van der Waals surface area contributed by atoms with Gasteiger partial charge in [0.2, 0.25) is 11.8 Å². The number of carbonyl (C=O) groups excluding carboxylic acids is 1. The van der Waals surface area contributed by atoms with Gasteiger partial charge in [-0.1, -0.05) is 12.1 Å². The van der Waals surface area contributed by atoms with Gasteiger partial charge in [0, 0.05) is 31.9 Å². The standard InChI is InChI=1S/C20H21FN4O2/c21-15-5-7-16(8-6-15)22-19(26)13-24-9-11-25(12-10-24)14-20-23-17-3-1-2-4-18(17)27-20/h1-8H,9-14H2,(H,22,26). The highest BCUT2D eigenvalue weighted by Gasteiger charge is 2.20. The molecule has 0 unspecified atom stereocenters. The molecule has 2 heterocycles. The summed E-state index contributed by atoms with van der Waals surface area (Å²) in [6.07, 6.45) is 0. The number of halogens is 1. The monoisotopic (exact) mass is 368 g/mol. The Morgan fingerprint density at radius 3 is 2.48 bits per heavy atom. The van der Waals surface area contributed by atoms with Crippen molar-refractivity contribution in [3.8, 4) is 0 Å². The number of anilines is 1. The van der Waals surface area contributed by atoms with Crippen molar-refractivity contribution in [1.29, 1.82) is 0 Å². The molecule has 1 amide bonds. The van der Waals surface area contributed by atoms with Gasteiger partial charge in [0.05, 0.1) is 13.1 Å². The topological polar surface area (TPSA) is 61.6 Å². The lowest BCUT2D eigenvalue weighted by Gasteiger charge is -2.33. The Balaban J connectivity index is 1.24. The summed E-state index contributed by atoms with van der Waals surface area (Å²) >= 11 is 0. The van der Waals surface area contributed by atoms with Crippen LogP contribution in [0.2, 0.25) is 0 Å². The molecule has 140 valence electrons. The summed E-state index contributed by atoms with van der Waals surface area (Å²) in [6.45, 7) is 4.30. The molecule has 4 rings (SSSR count). The smallest absolute Gasteiger partial charge is 0.238 e. The Hall–Kier alpha value is -2.77. The van der Waals surface area contributed by atoms with Gasteiger partial charge in [0.25, 0.3) is 0 Å². The Morgan fingerprint density at radius 1 is 1.04 bits per heavy atom. The number of fused-ring (bicyclic) bond motifs is 1. The number of oxazole rings is 1. The maximum atomic E-state index is 12.9. The van der Waals surface area contributed by atoms with E-state index in [1.54, 1.807) is 12.1 Å². The van der Waals surface area contributed by atoms with E-state index in [1.807, 2.05) is 24.3 Å². The van der Waals surface area contributed by atoms with Gasteiger partial charge in [-0.05, 0) is 36.4 Å². The van der Waals surface area contributed by atoms with E-state index >= 15 is 0 Å². The predicted octanol–water partition coefficient (Wildman–Crippen LogP) is 2.72. The van der Waals surface area contributed by atoms with E-state index in [2.05, 4.69) is 20.1 Å². The third kappa shape index (κ3) is 4.50. The van der Waals surface area contributed by atoms with Crippen LogP contribution in [0.3, 0.4) is 0 Å². The van der Waals surface area contributed by atoms with Crippen LogP contribution in [0.25, 0.3) is 11.1 Å². The van der Waals surface area contributed by atoms with Crippen LogP contribution in [0.5, 0.6) is 0 Å². The van der Waals surface area contributed by atoms with Crippen molar-refractivity contribution in [1.82, 2.24) is 14.8 Å². The van der Waals surface area contributed by atoms with Crippen molar-refractivity contribution in [2.45, 2.75) is 6.54 Å². The lowest BCUT2D eigenvalue weighted by molar-refractivity contribution is -0.117. The summed E-state index contributed by atoms with van der Waals surface area (Å²) in [7, 11) is 0. The molecule has 1 saturated heterocycles. The molecule has 2 aromatic carbocycles. The van der Waals surface area contributed by atoms with Crippen LogP contribution < -0.4 is 5.32 Å². The number of hydrogen-bond acceptors (Lipinski definition) is 5. The summed E-state index contributed by atoms with van der Waals surface area (Å²) in [6, 6.07) is 13.5. The molecule has 27 heavy (non-hydrogen) atoms. The third-order valence-electron chi connectivity index (χ3n) is 4.66. The lowest BCUT2D eigenvalue weighted by atomic mass is 10.3. The third-order valence-corrected chi connectivity index (χ3v) is 4.66. The van der Waals surface area contributed by atoms with Crippen molar-refractivity contribution in [2.24, 2.45) is 0 Å². The van der Waals surface area contributed by atoms with E-state index in [0.717, 1.165) is 43.2 Å². The average Bonchev–Trinajstić information content (AvgIpc) is 3.07. The molecular weight excluding hydrogens is 347 g/mol. The van der Waals surface area contributed by atoms with Crippen LogP contribution >= 0.6 is 0 Å². The summed E-state index contributed by atoms with van der Waals surface area (Å²) < 4.78 is 18.7. The van der Waals surface area contributed by atoms with Crippen LogP contribution in [0, 0.1) is 5.82 Å². The van der Waals surface area contributed by atoms with E-state index in [9.17, 15) is 9.18 Å². The van der Waals surface area contributed by atoms with Gasteiger partial charge < -0.3 is 9.73 Å². The van der Waals surface area contributed by atoms with Crippen molar-refractivity contribution in [3.63, 3.8) is 0 Å². The first-order valence-electron chi connectivity index (χ1n) is 9.00. The molecule has 7 heteroatoms. The van der Waals surface area contributed by atoms with Crippen molar-refractivity contribution >= 4 is 22.7 Å². The number of amides is 1. The summed E-state index contributed by atoms with van der Waals surface area (Å²) in [5.41, 5.74) is 2.29. The molecule has 3 aromatic rings. The van der Waals surface area contributed by atoms with Gasteiger partial charge >= 0.3 is 0 Å². The average molecular weight is 368 g/mol. The van der Waals surface area contributed by atoms with Crippen molar-refractivity contribution in [2.75, 3.05) is 38.0 Å². The molecule has 0 atom stereocenters. The summed E-state index contributed by atoms with van der Waals surface area (Å²) in [5.74, 6) is 0.316. The molecule has 1 aliphatic rings. The zero-order valence-corrected chi connectivity index (χ0v) is 14.9. The second kappa shape index (κ2) is 7.85. The SMILES string of the molecule is O=C(CN1CCN(Cc2nc3ccccc3o2)CC1)Nc1ccc(F)cc1. The number of benzene rings is 2. The molecule has 6 nitrogen and oxygen atoms in total. The maximum absolute atomic E-state index is 12.9. The zero-order valence-electron chi connectivity index (χ0n) is 14.9. The van der Waals surface area contributed by atoms with Crippen LogP contribution in [0.1, 0.15) is 5.89 Å². The van der Waals surface area contributed by atoms with Crippen LogP contribution in [0.15, 0.2) is 52.9 Å². The van der Waals surface area contributed by atoms with Gasteiger partial charge in [-0.2, -0.15) is 0 Å². The van der Waals surface area contributed by atoms with E-state index < -0.39 is 0 Å². The normalized spacial score (nSPS) is 15.9. The van der Waals surface area contributed by atoms with Gasteiger partial charge in [-0.3, -0.25) is 14.6 Å². The molecule has 0 radical (unpaired) electrons. The lowest BCUT2D eigenvalue weighted by Crippen LogP contribution is -2.48. The van der Waals surface area contributed by atoms with E-state index in [0.29, 0.717) is 18.8 Å². The second-order valence-electron chi connectivity index (χ2n) is 6.68. The minimum absolute atomic E-state index is 0.0889. The first kappa shape index (κ1) is 17.6. The highest BCUT2D eigenvalue weighted by molar-refractivity contribution is 5.92. The number of nitrogens with one attached hydrogen (secondary N) is 1. The van der Waals surface area contributed by atoms with Gasteiger partial charge in [0.15, 0.2) is 5.58 Å². The minimum Gasteiger partial charge on any atom is -0.439 e. The minimum atomic E-state index is -0.317. The van der Waals surface area contributed by atoms with Crippen LogP contribution in [-0.2, 0) is 11.3 Å². The molecule has 1 aliphatic heterocycles. The Bertz CT molecular complexity index is 884. The quantitative estimate of drug-likeness (QED) is 0.750. The number of piperazine rings is 1. The van der Waals surface area contributed by atoms with Crippen molar-refractivity contribution < 1.29 is 13.6 Å². The van der Waals surface area contributed by atoms with E-state index in [4.69, 9.17) is 4.42 Å². The Morgan fingerprint density at radius 2 is 1.74 bits per heavy atom. The molecule has 1 aromatic heterocycles. The fourth-order valence-electron chi connectivity index (χ4n) is 3.22. The molecule has 1 N–H and O–H groups in total. The molecule has 0 saturated carbocycles. The number of carbonyl (C=O) groups is 1. The highest BCUT2D eigenvalue weighted by atomic mass is 19.1. The largest absolute Gasteiger partial charge is 0.439 e. The first-order chi connectivity index (χ1) is 13.2. The number of nitrogens with zero attached hydrogens (tertiary/aromatic N) is 3. The fourth-order valence-corrected chi connectivity index (χ4v) is 3.22. The van der Waals surface area contributed by atoms with Crippen LogP contribution in [0.4, 0.5) is 10.1 Å². The maximum Gasteiger partial charge on any atom is 0.238 e. The molecule has 0 bridgehead atoms. The molecule has 0 aliphatic carbocycles. The molecule has 1 fully saturated rings. The first-order valence-corrected chi connectivity index (χ1v) is 9.00. The fraction of sp³-hybridized carbons (Fsp3) is 0.300. The summed E-state index contributed by atoms with van der Waals surface area (Å²) in [5, 5.41) is 2.80. The van der Waals surface area contributed by atoms with E-state index in [1.165, 1.54) is 12.1 Å². The Labute approximate surface area is 156 Å². The second-order valence-corrected chi connectivity index (χ2v) is 6.68. The van der Waals surface area contributed by atoms with Crippen LogP contribution in [-0.4, -0.2) is 53.4 Å². The van der Waals surface area contributed by atoms with Gasteiger partial charge in [-0.15, -0.1) is 0 Å².